The van der Waals surface area contributed by atoms with Crippen molar-refractivity contribution in [1.82, 2.24) is 5.43 Å². The molecule has 3 aromatic carbocycles. The Morgan fingerprint density at radius 2 is 1.83 bits per heavy atom. The first kappa shape index (κ1) is 26.5. The molecule has 0 radical (unpaired) electrons. The highest BCUT2D eigenvalue weighted by molar-refractivity contribution is 9.10. The number of amides is 1. The topological polar surface area (TPSA) is 97.3 Å². The highest BCUT2D eigenvalue weighted by Gasteiger charge is 2.20. The summed E-state index contributed by atoms with van der Waals surface area (Å²) in [5.74, 6) is 0.383. The number of carbonyl (C=O) groups excluding carboxylic acids is 1. The number of nitrogens with one attached hydrogen (secondary N) is 1. The summed E-state index contributed by atoms with van der Waals surface area (Å²) in [6.07, 6.45) is 2.46. The van der Waals surface area contributed by atoms with Crippen LogP contribution in [0.25, 0.3) is 0 Å². The number of rotatable bonds is 10. The maximum absolute atomic E-state index is 12.4. The van der Waals surface area contributed by atoms with E-state index in [1.807, 2.05) is 12.1 Å². The molecular formula is C24H23BrClN3O5S. The molecule has 0 aliphatic carbocycles. The zero-order chi connectivity index (χ0) is 25.4. The minimum atomic E-state index is -3.66. The molecule has 0 saturated carbocycles. The fourth-order valence-corrected chi connectivity index (χ4v) is 4.59. The van der Waals surface area contributed by atoms with Crippen molar-refractivity contribution >= 4 is 55.4 Å². The first-order valence-electron chi connectivity index (χ1n) is 10.3. The number of halogens is 2. The SMILES string of the molecule is COc1cc(/C=N\NC(=O)CN(c2ccccc2)S(C)(=O)=O)cc(Br)c1OCc1ccc(Cl)cc1. The van der Waals surface area contributed by atoms with Crippen LogP contribution in [0.2, 0.25) is 5.02 Å². The molecule has 0 spiro atoms. The Morgan fingerprint density at radius 1 is 1.14 bits per heavy atom. The molecule has 0 saturated heterocycles. The van der Waals surface area contributed by atoms with E-state index in [0.717, 1.165) is 16.1 Å². The summed E-state index contributed by atoms with van der Waals surface area (Å²) in [5, 5.41) is 4.59. The highest BCUT2D eigenvalue weighted by atomic mass is 79.9. The molecule has 0 atom stereocenters. The summed E-state index contributed by atoms with van der Waals surface area (Å²) < 4.78 is 37.2. The van der Waals surface area contributed by atoms with Gasteiger partial charge in [-0.3, -0.25) is 9.10 Å². The number of para-hydroxylation sites is 1. The molecule has 0 unspecified atom stereocenters. The van der Waals surface area contributed by atoms with Gasteiger partial charge in [0.15, 0.2) is 11.5 Å². The number of methoxy groups -OCH3 is 1. The largest absolute Gasteiger partial charge is 0.493 e. The standard InChI is InChI=1S/C24H23BrClN3O5S/c1-33-22-13-18(12-21(25)24(22)34-16-17-8-10-19(26)11-9-17)14-27-28-23(30)15-29(35(2,31)32)20-6-4-3-5-7-20/h3-14H,15-16H2,1-2H3,(H,28,30)/b27-14-. The molecule has 1 amide bonds. The number of benzene rings is 3. The van der Waals surface area contributed by atoms with E-state index < -0.39 is 22.5 Å². The third kappa shape index (κ3) is 7.71. The molecule has 3 rings (SSSR count). The van der Waals surface area contributed by atoms with E-state index in [-0.39, 0.29) is 0 Å². The molecule has 0 heterocycles. The molecule has 8 nitrogen and oxygen atoms in total. The number of anilines is 1. The van der Waals surface area contributed by atoms with Crippen LogP contribution >= 0.6 is 27.5 Å². The number of carbonyl (C=O) groups is 1. The van der Waals surface area contributed by atoms with Gasteiger partial charge in [-0.2, -0.15) is 5.10 Å². The zero-order valence-electron chi connectivity index (χ0n) is 18.9. The van der Waals surface area contributed by atoms with Crippen LogP contribution < -0.4 is 19.2 Å². The average molecular weight is 581 g/mol. The molecule has 0 aromatic heterocycles. The van der Waals surface area contributed by atoms with Gasteiger partial charge in [-0.15, -0.1) is 0 Å². The van der Waals surface area contributed by atoms with Gasteiger partial charge in [0, 0.05) is 5.02 Å². The summed E-state index contributed by atoms with van der Waals surface area (Å²) in [6, 6.07) is 19.1. The van der Waals surface area contributed by atoms with Crippen molar-refractivity contribution in [3.05, 3.63) is 87.4 Å². The Hall–Kier alpha value is -3.08. The van der Waals surface area contributed by atoms with Crippen molar-refractivity contribution in [2.45, 2.75) is 6.61 Å². The average Bonchev–Trinajstić information content (AvgIpc) is 2.82. The lowest BCUT2D eigenvalue weighted by Gasteiger charge is -2.21. The summed E-state index contributed by atoms with van der Waals surface area (Å²) >= 11 is 9.39. The van der Waals surface area contributed by atoms with Crippen LogP contribution in [0.3, 0.4) is 0 Å². The number of hydrogen-bond donors (Lipinski definition) is 1. The van der Waals surface area contributed by atoms with E-state index in [1.54, 1.807) is 54.6 Å². The number of sulfonamides is 1. The van der Waals surface area contributed by atoms with Crippen molar-refractivity contribution < 1.29 is 22.7 Å². The second-order valence-corrected chi connectivity index (χ2v) is 10.5. The normalized spacial score (nSPS) is 11.3. The zero-order valence-corrected chi connectivity index (χ0v) is 22.1. The smallest absolute Gasteiger partial charge is 0.260 e. The predicted molar refractivity (Wildman–Crippen MR) is 141 cm³/mol. The van der Waals surface area contributed by atoms with Gasteiger partial charge in [0.1, 0.15) is 13.2 Å². The van der Waals surface area contributed by atoms with Gasteiger partial charge in [0.2, 0.25) is 10.0 Å². The second kappa shape index (κ2) is 12.1. The number of ether oxygens (including phenoxy) is 2. The van der Waals surface area contributed by atoms with Crippen LogP contribution in [-0.4, -0.2) is 40.4 Å². The van der Waals surface area contributed by atoms with Crippen LogP contribution in [0, 0.1) is 0 Å². The molecule has 1 N–H and O–H groups in total. The van der Waals surface area contributed by atoms with Crippen LogP contribution in [0.1, 0.15) is 11.1 Å². The lowest BCUT2D eigenvalue weighted by molar-refractivity contribution is -0.119. The fourth-order valence-electron chi connectivity index (χ4n) is 3.03. The predicted octanol–water partition coefficient (Wildman–Crippen LogP) is 4.61. The van der Waals surface area contributed by atoms with Gasteiger partial charge in [0.25, 0.3) is 5.91 Å². The minimum Gasteiger partial charge on any atom is -0.493 e. The Morgan fingerprint density at radius 3 is 2.46 bits per heavy atom. The van der Waals surface area contributed by atoms with Crippen molar-refractivity contribution in [1.29, 1.82) is 0 Å². The van der Waals surface area contributed by atoms with Gasteiger partial charge in [-0.05, 0) is 63.5 Å². The Bertz CT molecular complexity index is 1300. The quantitative estimate of drug-likeness (QED) is 0.279. The molecule has 184 valence electrons. The molecule has 0 aliphatic rings. The Labute approximate surface area is 217 Å². The number of hydrazone groups is 1. The van der Waals surface area contributed by atoms with E-state index in [2.05, 4.69) is 26.5 Å². The summed E-state index contributed by atoms with van der Waals surface area (Å²) in [4.78, 5) is 12.4. The number of hydrogen-bond acceptors (Lipinski definition) is 6. The van der Waals surface area contributed by atoms with Gasteiger partial charge in [-0.1, -0.05) is 41.9 Å². The molecule has 0 bridgehead atoms. The van der Waals surface area contributed by atoms with Crippen molar-refractivity contribution in [2.75, 3.05) is 24.2 Å². The fraction of sp³-hybridized carbons (Fsp3) is 0.167. The molecule has 0 fully saturated rings. The first-order chi connectivity index (χ1) is 16.7. The summed E-state index contributed by atoms with van der Waals surface area (Å²) in [7, 11) is -2.14. The molecule has 0 aliphatic heterocycles. The maximum atomic E-state index is 12.4. The summed E-state index contributed by atoms with van der Waals surface area (Å²) in [6.45, 7) is -0.0987. The lowest BCUT2D eigenvalue weighted by Crippen LogP contribution is -2.38. The van der Waals surface area contributed by atoms with Gasteiger partial charge in [-0.25, -0.2) is 13.8 Å². The van der Waals surface area contributed by atoms with Crippen LogP contribution in [-0.2, 0) is 21.4 Å². The van der Waals surface area contributed by atoms with Gasteiger partial charge < -0.3 is 9.47 Å². The monoisotopic (exact) mass is 579 g/mol. The molecule has 11 heteroatoms. The van der Waals surface area contributed by atoms with E-state index >= 15 is 0 Å². The Kier molecular flexibility index (Phi) is 9.13. The minimum absolute atomic E-state index is 0.313. The summed E-state index contributed by atoms with van der Waals surface area (Å²) in [5.41, 5.74) is 4.30. The lowest BCUT2D eigenvalue weighted by atomic mass is 10.2. The first-order valence-corrected chi connectivity index (χ1v) is 13.3. The highest BCUT2D eigenvalue weighted by Crippen LogP contribution is 2.37. The van der Waals surface area contributed by atoms with Gasteiger partial charge in [0.05, 0.1) is 29.7 Å². The van der Waals surface area contributed by atoms with Crippen LogP contribution in [0.5, 0.6) is 11.5 Å². The van der Waals surface area contributed by atoms with E-state index in [4.69, 9.17) is 21.1 Å². The van der Waals surface area contributed by atoms with Crippen LogP contribution in [0.4, 0.5) is 5.69 Å². The van der Waals surface area contributed by atoms with Crippen LogP contribution in [0.15, 0.2) is 76.3 Å². The third-order valence-electron chi connectivity index (χ3n) is 4.68. The number of nitrogens with zero attached hydrogens (tertiary/aromatic N) is 2. The van der Waals surface area contributed by atoms with E-state index in [1.165, 1.54) is 13.3 Å². The van der Waals surface area contributed by atoms with Crippen molar-refractivity contribution in [3.8, 4) is 11.5 Å². The maximum Gasteiger partial charge on any atom is 0.260 e. The van der Waals surface area contributed by atoms with E-state index in [0.29, 0.717) is 38.9 Å². The second-order valence-electron chi connectivity index (χ2n) is 7.35. The van der Waals surface area contributed by atoms with Crippen molar-refractivity contribution in [3.63, 3.8) is 0 Å². The van der Waals surface area contributed by atoms with E-state index in [9.17, 15) is 13.2 Å². The third-order valence-corrected chi connectivity index (χ3v) is 6.66. The molecule has 3 aromatic rings. The van der Waals surface area contributed by atoms with Crippen molar-refractivity contribution in [2.24, 2.45) is 5.10 Å². The molecular weight excluding hydrogens is 558 g/mol. The molecule has 35 heavy (non-hydrogen) atoms. The Balaban J connectivity index is 1.66. The van der Waals surface area contributed by atoms with Gasteiger partial charge >= 0.3 is 0 Å².